The van der Waals surface area contributed by atoms with Crippen molar-refractivity contribution in [2.24, 2.45) is 0 Å². The fraction of sp³-hybridized carbons (Fsp3) is 0.0909. The third kappa shape index (κ3) is 3.16. The molecule has 1 unspecified atom stereocenters. The Morgan fingerprint density at radius 1 is 1.20 bits per heavy atom. The molecule has 1 rings (SSSR count). The third-order valence-electron chi connectivity index (χ3n) is 1.72. The number of ether oxygens (including phenoxy) is 1. The van der Waals surface area contributed by atoms with Crippen molar-refractivity contribution >= 4 is 0 Å². The summed E-state index contributed by atoms with van der Waals surface area (Å²) in [6.45, 7) is 3.39. The molecule has 0 amide bonds. The van der Waals surface area contributed by atoms with Gasteiger partial charge in [-0.1, -0.05) is 36.9 Å². The molecular weight excluding hydrogens is 205 g/mol. The summed E-state index contributed by atoms with van der Waals surface area (Å²) in [5, 5.41) is 0. The first-order valence-electron chi connectivity index (χ1n) is 4.20. The van der Waals surface area contributed by atoms with Crippen LogP contribution in [-0.2, 0) is 4.74 Å². The fourth-order valence-electron chi connectivity index (χ4n) is 1.05. The molecular formula is C11H9F3O. The molecule has 0 radical (unpaired) electrons. The molecule has 15 heavy (non-hydrogen) atoms. The molecule has 0 saturated carbocycles. The average molecular weight is 214 g/mol. The number of halogens is 3. The monoisotopic (exact) mass is 214 g/mol. The Morgan fingerprint density at radius 3 is 2.27 bits per heavy atom. The van der Waals surface area contributed by atoms with E-state index in [-0.39, 0.29) is 0 Å². The van der Waals surface area contributed by atoms with Crippen LogP contribution in [0, 0.1) is 0 Å². The Balaban J connectivity index is 2.83. The van der Waals surface area contributed by atoms with E-state index in [2.05, 4.69) is 11.3 Å². The van der Waals surface area contributed by atoms with Gasteiger partial charge in [0, 0.05) is 0 Å². The van der Waals surface area contributed by atoms with Crippen LogP contribution in [0.25, 0.3) is 0 Å². The minimum atomic E-state index is -2.47. The first-order valence-corrected chi connectivity index (χ1v) is 4.20. The normalized spacial score (nSPS) is 11.7. The van der Waals surface area contributed by atoms with Crippen molar-refractivity contribution in [3.05, 3.63) is 60.6 Å². The highest BCUT2D eigenvalue weighted by molar-refractivity contribution is 5.21. The van der Waals surface area contributed by atoms with Crippen LogP contribution in [0.5, 0.6) is 0 Å². The molecule has 0 heterocycles. The summed E-state index contributed by atoms with van der Waals surface area (Å²) < 4.78 is 40.5. The molecule has 0 aliphatic carbocycles. The molecule has 1 aromatic carbocycles. The smallest absolute Gasteiger partial charge is 0.342 e. The lowest BCUT2D eigenvalue weighted by Gasteiger charge is -2.13. The number of hydrogen-bond donors (Lipinski definition) is 0. The fourth-order valence-corrected chi connectivity index (χ4v) is 1.05. The number of benzene rings is 1. The molecule has 0 saturated heterocycles. The lowest BCUT2D eigenvalue weighted by atomic mass is 10.1. The van der Waals surface area contributed by atoms with Crippen molar-refractivity contribution in [2.75, 3.05) is 0 Å². The maximum absolute atomic E-state index is 12.5. The summed E-state index contributed by atoms with van der Waals surface area (Å²) >= 11 is 0. The highest BCUT2D eigenvalue weighted by Crippen LogP contribution is 2.24. The molecule has 4 heteroatoms. The predicted octanol–water partition coefficient (Wildman–Crippen LogP) is 3.97. The zero-order chi connectivity index (χ0) is 11.3. The van der Waals surface area contributed by atoms with E-state index < -0.39 is 18.2 Å². The lowest BCUT2D eigenvalue weighted by Crippen LogP contribution is -1.99. The summed E-state index contributed by atoms with van der Waals surface area (Å²) in [6, 6.07) is 6.55. The van der Waals surface area contributed by atoms with Gasteiger partial charge in [-0.05, 0) is 11.6 Å². The van der Waals surface area contributed by atoms with Crippen molar-refractivity contribution in [3.63, 3.8) is 0 Å². The van der Waals surface area contributed by atoms with Gasteiger partial charge in [-0.2, -0.15) is 13.2 Å². The van der Waals surface area contributed by atoms with Crippen LogP contribution in [0.3, 0.4) is 0 Å². The second-order valence-electron chi connectivity index (χ2n) is 2.72. The summed E-state index contributed by atoms with van der Waals surface area (Å²) in [5.74, 6) is 0. The SMILES string of the molecule is C=CC(OC(F)=C(F)F)c1ccccc1. The molecule has 1 atom stereocenters. The highest BCUT2D eigenvalue weighted by atomic mass is 19.3. The molecule has 0 fully saturated rings. The Morgan fingerprint density at radius 2 is 1.80 bits per heavy atom. The zero-order valence-corrected chi connectivity index (χ0v) is 7.79. The molecule has 0 spiro atoms. The molecule has 0 N–H and O–H groups in total. The number of rotatable bonds is 4. The van der Waals surface area contributed by atoms with E-state index >= 15 is 0 Å². The standard InChI is InChI=1S/C11H9F3O/c1-2-9(15-11(14)10(12)13)8-6-4-3-5-7-8/h2-7,9H,1H2. The Hall–Kier alpha value is -1.71. The highest BCUT2D eigenvalue weighted by Gasteiger charge is 2.14. The molecule has 1 aromatic rings. The second kappa shape index (κ2) is 5.24. The zero-order valence-electron chi connectivity index (χ0n) is 7.79. The molecule has 0 aliphatic heterocycles. The van der Waals surface area contributed by atoms with E-state index in [4.69, 9.17) is 0 Å². The minimum Gasteiger partial charge on any atom is -0.454 e. The topological polar surface area (TPSA) is 9.23 Å². The first-order chi connectivity index (χ1) is 7.15. The number of hydrogen-bond acceptors (Lipinski definition) is 1. The first kappa shape index (κ1) is 11.4. The summed E-state index contributed by atoms with van der Waals surface area (Å²) in [4.78, 5) is 0. The van der Waals surface area contributed by atoms with Gasteiger partial charge in [0.25, 0.3) is 0 Å². The lowest BCUT2D eigenvalue weighted by molar-refractivity contribution is 0.0795. The van der Waals surface area contributed by atoms with E-state index in [1.807, 2.05) is 0 Å². The minimum absolute atomic E-state index is 0.559. The molecule has 0 aliphatic rings. The van der Waals surface area contributed by atoms with Crippen LogP contribution in [0.15, 0.2) is 55.1 Å². The van der Waals surface area contributed by atoms with Crippen LogP contribution in [-0.4, -0.2) is 0 Å². The predicted molar refractivity (Wildman–Crippen MR) is 50.8 cm³/mol. The van der Waals surface area contributed by atoms with Crippen LogP contribution in [0.2, 0.25) is 0 Å². The van der Waals surface area contributed by atoms with Gasteiger partial charge < -0.3 is 4.74 Å². The molecule has 0 bridgehead atoms. The quantitative estimate of drug-likeness (QED) is 0.544. The van der Waals surface area contributed by atoms with E-state index in [0.717, 1.165) is 0 Å². The summed E-state index contributed by atoms with van der Waals surface area (Å²) in [7, 11) is 0. The van der Waals surface area contributed by atoms with Crippen molar-refractivity contribution < 1.29 is 17.9 Å². The van der Waals surface area contributed by atoms with Crippen molar-refractivity contribution in [1.29, 1.82) is 0 Å². The van der Waals surface area contributed by atoms with Gasteiger partial charge in [0.05, 0.1) is 0 Å². The van der Waals surface area contributed by atoms with Gasteiger partial charge in [-0.15, -0.1) is 0 Å². The van der Waals surface area contributed by atoms with Crippen molar-refractivity contribution in [3.8, 4) is 0 Å². The van der Waals surface area contributed by atoms with Crippen LogP contribution in [0.4, 0.5) is 13.2 Å². The van der Waals surface area contributed by atoms with E-state index in [9.17, 15) is 13.2 Å². The van der Waals surface area contributed by atoms with E-state index in [0.29, 0.717) is 5.56 Å². The third-order valence-corrected chi connectivity index (χ3v) is 1.72. The van der Waals surface area contributed by atoms with Gasteiger partial charge in [0.1, 0.15) is 6.10 Å². The van der Waals surface area contributed by atoms with E-state index in [1.165, 1.54) is 6.08 Å². The van der Waals surface area contributed by atoms with Gasteiger partial charge in [-0.25, -0.2) is 0 Å². The average Bonchev–Trinajstić information content (AvgIpc) is 2.26. The van der Waals surface area contributed by atoms with Crippen molar-refractivity contribution in [2.45, 2.75) is 6.10 Å². The Bertz CT molecular complexity index is 355. The maximum Gasteiger partial charge on any atom is 0.342 e. The van der Waals surface area contributed by atoms with Gasteiger partial charge >= 0.3 is 12.1 Å². The maximum atomic E-state index is 12.5. The largest absolute Gasteiger partial charge is 0.454 e. The van der Waals surface area contributed by atoms with Gasteiger partial charge in [-0.3, -0.25) is 0 Å². The van der Waals surface area contributed by atoms with E-state index in [1.54, 1.807) is 30.3 Å². The van der Waals surface area contributed by atoms with Crippen LogP contribution < -0.4 is 0 Å². The van der Waals surface area contributed by atoms with Crippen LogP contribution >= 0.6 is 0 Å². The summed E-state index contributed by atoms with van der Waals surface area (Å²) in [5.41, 5.74) is 0.559. The summed E-state index contributed by atoms with van der Waals surface area (Å²) in [6.07, 6.45) is -2.14. The van der Waals surface area contributed by atoms with Gasteiger partial charge in [0.2, 0.25) is 0 Å². The Kier molecular flexibility index (Phi) is 3.97. The molecule has 0 aromatic heterocycles. The Labute approximate surface area is 85.5 Å². The van der Waals surface area contributed by atoms with Crippen molar-refractivity contribution in [1.82, 2.24) is 0 Å². The molecule has 80 valence electrons. The van der Waals surface area contributed by atoms with Crippen LogP contribution in [0.1, 0.15) is 11.7 Å². The molecule has 1 nitrogen and oxygen atoms in total. The second-order valence-corrected chi connectivity index (χ2v) is 2.72. The van der Waals surface area contributed by atoms with Gasteiger partial charge in [0.15, 0.2) is 0 Å².